The van der Waals surface area contributed by atoms with Crippen LogP contribution in [0.4, 0.5) is 0 Å². The zero-order valence-electron chi connectivity index (χ0n) is 10.3. The first-order chi connectivity index (χ1) is 7.62. The van der Waals surface area contributed by atoms with Gasteiger partial charge in [0.15, 0.2) is 0 Å². The Morgan fingerprint density at radius 2 is 1.75 bits per heavy atom. The molecule has 2 rings (SSSR count). The minimum absolute atomic E-state index is 0.436. The highest BCUT2D eigenvalue weighted by Gasteiger charge is 2.53. The summed E-state index contributed by atoms with van der Waals surface area (Å²) in [4.78, 5) is 0. The molecule has 2 nitrogen and oxygen atoms in total. The van der Waals surface area contributed by atoms with Crippen molar-refractivity contribution in [1.29, 1.82) is 5.26 Å². The second kappa shape index (κ2) is 4.37. The molecule has 2 saturated carbocycles. The van der Waals surface area contributed by atoms with Crippen molar-refractivity contribution in [3.8, 4) is 6.07 Å². The van der Waals surface area contributed by atoms with Gasteiger partial charge in [0.25, 0.3) is 0 Å². The van der Waals surface area contributed by atoms with Crippen LogP contribution in [0.1, 0.15) is 64.7 Å². The summed E-state index contributed by atoms with van der Waals surface area (Å²) in [6, 6.07) is 2.51. The van der Waals surface area contributed by atoms with Crippen LogP contribution in [0.3, 0.4) is 0 Å². The molecule has 0 aromatic heterocycles. The predicted octanol–water partition coefficient (Wildman–Crippen LogP) is 3.40. The van der Waals surface area contributed by atoms with Crippen LogP contribution in [0.5, 0.6) is 0 Å². The van der Waals surface area contributed by atoms with Gasteiger partial charge < -0.3 is 5.11 Å². The van der Waals surface area contributed by atoms with Gasteiger partial charge in [0.05, 0.1) is 17.1 Å². The van der Waals surface area contributed by atoms with Gasteiger partial charge in [0.2, 0.25) is 0 Å². The minimum atomic E-state index is -0.689. The molecular formula is C14H23NO. The Balaban J connectivity index is 2.23. The molecule has 2 atom stereocenters. The zero-order valence-corrected chi connectivity index (χ0v) is 10.3. The Labute approximate surface area is 98.7 Å². The summed E-state index contributed by atoms with van der Waals surface area (Å²) in [6.07, 6.45) is 9.26. The van der Waals surface area contributed by atoms with Crippen molar-refractivity contribution in [3.63, 3.8) is 0 Å². The average molecular weight is 221 g/mol. The fourth-order valence-electron chi connectivity index (χ4n) is 3.71. The first-order valence-corrected chi connectivity index (χ1v) is 6.76. The fraction of sp³-hybridized carbons (Fsp3) is 0.929. The lowest BCUT2D eigenvalue weighted by atomic mass is 9.66. The van der Waals surface area contributed by atoms with E-state index in [1.165, 1.54) is 12.8 Å². The van der Waals surface area contributed by atoms with Crippen LogP contribution in [-0.2, 0) is 0 Å². The molecule has 16 heavy (non-hydrogen) atoms. The lowest BCUT2D eigenvalue weighted by Crippen LogP contribution is -2.45. The fourth-order valence-corrected chi connectivity index (χ4v) is 3.71. The molecule has 2 fully saturated rings. The summed E-state index contributed by atoms with van der Waals surface area (Å²) in [5, 5.41) is 20.4. The molecule has 2 aliphatic carbocycles. The highest BCUT2D eigenvalue weighted by atomic mass is 16.3. The van der Waals surface area contributed by atoms with Crippen LogP contribution >= 0.6 is 0 Å². The topological polar surface area (TPSA) is 44.0 Å². The van der Waals surface area contributed by atoms with Gasteiger partial charge in [-0.15, -0.1) is 0 Å². The van der Waals surface area contributed by atoms with Crippen molar-refractivity contribution in [2.24, 2.45) is 11.3 Å². The van der Waals surface area contributed by atoms with Gasteiger partial charge in [0, 0.05) is 0 Å². The molecule has 0 aromatic rings. The SMILES string of the molecule is CC1CCC(O)(C2(C#N)CCCCCC2)C1. The molecule has 1 N–H and O–H groups in total. The number of nitrogens with zero attached hydrogens (tertiary/aromatic N) is 1. The Hall–Kier alpha value is -0.550. The van der Waals surface area contributed by atoms with Crippen molar-refractivity contribution in [3.05, 3.63) is 0 Å². The van der Waals surface area contributed by atoms with Crippen LogP contribution in [0.25, 0.3) is 0 Å². The van der Waals surface area contributed by atoms with Crippen molar-refractivity contribution in [1.82, 2.24) is 0 Å². The lowest BCUT2D eigenvalue weighted by Gasteiger charge is -2.40. The van der Waals surface area contributed by atoms with Gasteiger partial charge in [0.1, 0.15) is 0 Å². The maximum Gasteiger partial charge on any atom is 0.0860 e. The second-order valence-electron chi connectivity index (χ2n) is 5.99. The van der Waals surface area contributed by atoms with Crippen molar-refractivity contribution >= 4 is 0 Å². The summed E-state index contributed by atoms with van der Waals surface area (Å²) in [7, 11) is 0. The predicted molar refractivity (Wildman–Crippen MR) is 63.7 cm³/mol. The standard InChI is InChI=1S/C14H23NO/c1-12-6-9-14(16,10-12)13(11-15)7-4-2-3-5-8-13/h12,16H,2-10H2,1H3. The zero-order chi connectivity index (χ0) is 11.6. The third-order valence-electron chi connectivity index (χ3n) is 4.80. The van der Waals surface area contributed by atoms with Crippen LogP contribution in [-0.4, -0.2) is 10.7 Å². The molecule has 2 unspecified atom stereocenters. The third-order valence-corrected chi connectivity index (χ3v) is 4.80. The van der Waals surface area contributed by atoms with E-state index in [0.717, 1.165) is 44.9 Å². The van der Waals surface area contributed by atoms with E-state index in [-0.39, 0.29) is 0 Å². The van der Waals surface area contributed by atoms with Gasteiger partial charge in [-0.2, -0.15) is 5.26 Å². The molecule has 0 amide bonds. The number of hydrogen-bond acceptors (Lipinski definition) is 2. The number of rotatable bonds is 1. The number of hydrogen-bond donors (Lipinski definition) is 1. The smallest absolute Gasteiger partial charge is 0.0860 e. The largest absolute Gasteiger partial charge is 0.388 e. The molecular weight excluding hydrogens is 198 g/mol. The molecule has 2 heteroatoms. The van der Waals surface area contributed by atoms with E-state index in [1.54, 1.807) is 0 Å². The summed E-state index contributed by atoms with van der Waals surface area (Å²) in [5.74, 6) is 0.582. The maximum atomic E-state index is 10.8. The Bertz CT molecular complexity index is 286. The summed E-state index contributed by atoms with van der Waals surface area (Å²) < 4.78 is 0. The van der Waals surface area contributed by atoms with Crippen molar-refractivity contribution in [2.75, 3.05) is 0 Å². The molecule has 0 radical (unpaired) electrons. The lowest BCUT2D eigenvalue weighted by molar-refractivity contribution is -0.0598. The average Bonchev–Trinajstić information content (AvgIpc) is 2.53. The summed E-state index contributed by atoms with van der Waals surface area (Å²) in [5.41, 5.74) is -1.13. The maximum absolute atomic E-state index is 10.8. The highest BCUT2D eigenvalue weighted by molar-refractivity contribution is 5.14. The Morgan fingerprint density at radius 1 is 1.12 bits per heavy atom. The summed E-state index contributed by atoms with van der Waals surface area (Å²) >= 11 is 0. The third kappa shape index (κ3) is 1.86. The normalized spacial score (nSPS) is 38.9. The minimum Gasteiger partial charge on any atom is -0.388 e. The molecule has 0 spiro atoms. The van der Waals surface area contributed by atoms with E-state index >= 15 is 0 Å². The first kappa shape index (κ1) is 11.9. The monoisotopic (exact) mass is 221 g/mol. The van der Waals surface area contributed by atoms with Crippen LogP contribution in [0.2, 0.25) is 0 Å². The van der Waals surface area contributed by atoms with Gasteiger partial charge in [-0.3, -0.25) is 0 Å². The van der Waals surface area contributed by atoms with Gasteiger partial charge in [-0.1, -0.05) is 32.6 Å². The van der Waals surface area contributed by atoms with Crippen LogP contribution < -0.4 is 0 Å². The second-order valence-corrected chi connectivity index (χ2v) is 5.99. The van der Waals surface area contributed by atoms with E-state index < -0.39 is 11.0 Å². The Kier molecular flexibility index (Phi) is 3.26. The van der Waals surface area contributed by atoms with Gasteiger partial charge >= 0.3 is 0 Å². The molecule has 90 valence electrons. The molecule has 0 bridgehead atoms. The number of aliphatic hydroxyl groups is 1. The Morgan fingerprint density at radius 3 is 2.19 bits per heavy atom. The van der Waals surface area contributed by atoms with E-state index in [1.807, 2.05) is 0 Å². The van der Waals surface area contributed by atoms with Crippen LogP contribution in [0, 0.1) is 22.7 Å². The van der Waals surface area contributed by atoms with Gasteiger partial charge in [-0.05, 0) is 38.0 Å². The molecule has 0 saturated heterocycles. The van der Waals surface area contributed by atoms with Gasteiger partial charge in [-0.25, -0.2) is 0 Å². The first-order valence-electron chi connectivity index (χ1n) is 6.76. The highest BCUT2D eigenvalue weighted by Crippen LogP contribution is 2.52. The molecule has 0 aromatic carbocycles. The number of nitriles is 1. The molecule has 2 aliphatic rings. The van der Waals surface area contributed by atoms with Crippen LogP contribution in [0.15, 0.2) is 0 Å². The van der Waals surface area contributed by atoms with E-state index in [4.69, 9.17) is 0 Å². The van der Waals surface area contributed by atoms with Crippen molar-refractivity contribution in [2.45, 2.75) is 70.3 Å². The van der Waals surface area contributed by atoms with Crippen molar-refractivity contribution < 1.29 is 5.11 Å². The van der Waals surface area contributed by atoms with E-state index in [2.05, 4.69) is 13.0 Å². The summed E-state index contributed by atoms with van der Waals surface area (Å²) in [6.45, 7) is 2.19. The van der Waals surface area contributed by atoms with E-state index in [0.29, 0.717) is 5.92 Å². The van der Waals surface area contributed by atoms with E-state index in [9.17, 15) is 10.4 Å². The molecule has 0 heterocycles. The quantitative estimate of drug-likeness (QED) is 0.690. The molecule has 0 aliphatic heterocycles.